The van der Waals surface area contributed by atoms with E-state index in [2.05, 4.69) is 10.3 Å². The van der Waals surface area contributed by atoms with Crippen molar-refractivity contribution in [2.24, 2.45) is 0 Å². The van der Waals surface area contributed by atoms with Gasteiger partial charge in [-0.25, -0.2) is 9.37 Å². The number of hydrogen-bond donors (Lipinski definition) is 1. The van der Waals surface area contributed by atoms with Gasteiger partial charge >= 0.3 is 0 Å². The number of halogens is 1. The molecule has 2 aromatic carbocycles. The SMILES string of the molecule is COc1ccc(CC(=O)N[C@H](C)c2ccc(-n3ccnc3)cc2)cc1F. The second kappa shape index (κ2) is 7.82. The first-order valence-electron chi connectivity index (χ1n) is 8.27. The van der Waals surface area contributed by atoms with Crippen LogP contribution in [0.5, 0.6) is 5.75 Å². The Morgan fingerprint density at radius 1 is 1.27 bits per heavy atom. The molecule has 26 heavy (non-hydrogen) atoms. The third kappa shape index (κ3) is 4.08. The fourth-order valence-electron chi connectivity index (χ4n) is 2.73. The van der Waals surface area contributed by atoms with Crippen molar-refractivity contribution in [1.29, 1.82) is 0 Å². The minimum Gasteiger partial charge on any atom is -0.494 e. The first kappa shape index (κ1) is 17.7. The number of rotatable bonds is 6. The minimum absolute atomic E-state index is 0.109. The van der Waals surface area contributed by atoms with Crippen LogP contribution in [0.3, 0.4) is 0 Å². The molecule has 1 aromatic heterocycles. The van der Waals surface area contributed by atoms with Gasteiger partial charge in [0.05, 0.1) is 25.9 Å². The van der Waals surface area contributed by atoms with Gasteiger partial charge in [-0.3, -0.25) is 4.79 Å². The van der Waals surface area contributed by atoms with E-state index in [-0.39, 0.29) is 24.1 Å². The number of imidazole rings is 1. The van der Waals surface area contributed by atoms with Gasteiger partial charge < -0.3 is 14.6 Å². The maximum absolute atomic E-state index is 13.7. The van der Waals surface area contributed by atoms with E-state index >= 15 is 0 Å². The Morgan fingerprint density at radius 3 is 2.65 bits per heavy atom. The number of methoxy groups -OCH3 is 1. The number of hydrogen-bond acceptors (Lipinski definition) is 3. The Hall–Kier alpha value is -3.15. The molecule has 1 atom stereocenters. The highest BCUT2D eigenvalue weighted by Gasteiger charge is 2.12. The van der Waals surface area contributed by atoms with Crippen molar-refractivity contribution >= 4 is 5.91 Å². The van der Waals surface area contributed by atoms with Crippen molar-refractivity contribution in [2.45, 2.75) is 19.4 Å². The maximum atomic E-state index is 13.7. The third-order valence-electron chi connectivity index (χ3n) is 4.15. The average molecular weight is 353 g/mol. The van der Waals surface area contributed by atoms with Gasteiger partial charge in [0, 0.05) is 18.1 Å². The summed E-state index contributed by atoms with van der Waals surface area (Å²) in [7, 11) is 1.41. The zero-order valence-electron chi connectivity index (χ0n) is 14.6. The van der Waals surface area contributed by atoms with Crippen molar-refractivity contribution < 1.29 is 13.9 Å². The summed E-state index contributed by atoms with van der Waals surface area (Å²) in [5, 5.41) is 2.94. The van der Waals surface area contributed by atoms with E-state index in [9.17, 15) is 9.18 Å². The molecule has 1 N–H and O–H groups in total. The second-order valence-electron chi connectivity index (χ2n) is 6.00. The smallest absolute Gasteiger partial charge is 0.224 e. The average Bonchev–Trinajstić information content (AvgIpc) is 3.16. The van der Waals surface area contributed by atoms with Crippen LogP contribution in [-0.4, -0.2) is 22.6 Å². The molecule has 0 radical (unpaired) electrons. The van der Waals surface area contributed by atoms with Crippen LogP contribution in [0, 0.1) is 5.82 Å². The molecule has 1 heterocycles. The summed E-state index contributed by atoms with van der Waals surface area (Å²) in [6.07, 6.45) is 5.43. The van der Waals surface area contributed by atoms with E-state index in [1.165, 1.54) is 19.2 Å². The number of amides is 1. The van der Waals surface area contributed by atoms with E-state index in [1.807, 2.05) is 42.0 Å². The lowest BCUT2D eigenvalue weighted by Crippen LogP contribution is -2.28. The number of ether oxygens (including phenoxy) is 1. The first-order chi connectivity index (χ1) is 12.6. The van der Waals surface area contributed by atoms with E-state index in [0.29, 0.717) is 5.56 Å². The van der Waals surface area contributed by atoms with Crippen LogP contribution < -0.4 is 10.1 Å². The molecule has 1 amide bonds. The summed E-state index contributed by atoms with van der Waals surface area (Å²) in [5.74, 6) is -0.470. The van der Waals surface area contributed by atoms with E-state index in [1.54, 1.807) is 18.6 Å². The first-order valence-corrected chi connectivity index (χ1v) is 8.27. The highest BCUT2D eigenvalue weighted by Crippen LogP contribution is 2.19. The molecule has 134 valence electrons. The fourth-order valence-corrected chi connectivity index (χ4v) is 2.73. The lowest BCUT2D eigenvalue weighted by atomic mass is 10.1. The van der Waals surface area contributed by atoms with Crippen LogP contribution in [0.25, 0.3) is 5.69 Å². The topological polar surface area (TPSA) is 56.1 Å². The zero-order valence-corrected chi connectivity index (χ0v) is 14.6. The van der Waals surface area contributed by atoms with Crippen molar-refractivity contribution in [3.8, 4) is 11.4 Å². The predicted octanol–water partition coefficient (Wildman–Crippen LogP) is 3.44. The van der Waals surface area contributed by atoms with Gasteiger partial charge in [0.15, 0.2) is 11.6 Å². The minimum atomic E-state index is -0.471. The monoisotopic (exact) mass is 353 g/mol. The number of nitrogens with zero attached hydrogens (tertiary/aromatic N) is 2. The molecule has 0 fully saturated rings. The van der Waals surface area contributed by atoms with E-state index in [0.717, 1.165) is 11.3 Å². The lowest BCUT2D eigenvalue weighted by Gasteiger charge is -2.15. The largest absolute Gasteiger partial charge is 0.494 e. The summed E-state index contributed by atoms with van der Waals surface area (Å²) in [6.45, 7) is 1.92. The molecule has 0 aliphatic carbocycles. The highest BCUT2D eigenvalue weighted by molar-refractivity contribution is 5.79. The number of benzene rings is 2. The Bertz CT molecular complexity index is 877. The predicted molar refractivity (Wildman–Crippen MR) is 96.8 cm³/mol. The molecule has 0 bridgehead atoms. The van der Waals surface area contributed by atoms with Gasteiger partial charge in [-0.1, -0.05) is 18.2 Å². The molecule has 3 aromatic rings. The Labute approximate surface area is 151 Å². The number of carbonyl (C=O) groups excluding carboxylic acids is 1. The fraction of sp³-hybridized carbons (Fsp3) is 0.200. The van der Waals surface area contributed by atoms with Gasteiger partial charge in [0.25, 0.3) is 0 Å². The molecule has 3 rings (SSSR count). The summed E-state index contributed by atoms with van der Waals surface area (Å²) in [6, 6.07) is 12.3. The third-order valence-corrected chi connectivity index (χ3v) is 4.15. The van der Waals surface area contributed by atoms with Gasteiger partial charge in [0.1, 0.15) is 0 Å². The molecular formula is C20H20FN3O2. The standard InChI is InChI=1S/C20H20FN3O2/c1-14(16-4-6-17(7-5-16)24-10-9-22-13-24)23-20(25)12-15-3-8-19(26-2)18(21)11-15/h3-11,13-14H,12H2,1-2H3,(H,23,25)/t14-/m1/s1. The maximum Gasteiger partial charge on any atom is 0.224 e. The zero-order chi connectivity index (χ0) is 18.5. The number of carbonyl (C=O) groups is 1. The van der Waals surface area contributed by atoms with Crippen molar-refractivity contribution in [3.63, 3.8) is 0 Å². The summed E-state index contributed by atoms with van der Waals surface area (Å²) in [4.78, 5) is 16.3. The Morgan fingerprint density at radius 2 is 2.04 bits per heavy atom. The summed E-state index contributed by atoms with van der Waals surface area (Å²) < 4.78 is 20.5. The quantitative estimate of drug-likeness (QED) is 0.739. The summed E-state index contributed by atoms with van der Waals surface area (Å²) in [5.41, 5.74) is 2.59. The van der Waals surface area contributed by atoms with Crippen LogP contribution in [-0.2, 0) is 11.2 Å². The molecule has 0 saturated carbocycles. The molecule has 6 heteroatoms. The lowest BCUT2D eigenvalue weighted by molar-refractivity contribution is -0.121. The molecule has 5 nitrogen and oxygen atoms in total. The Balaban J connectivity index is 1.61. The molecule has 0 saturated heterocycles. The van der Waals surface area contributed by atoms with Crippen LogP contribution >= 0.6 is 0 Å². The normalized spacial score (nSPS) is 11.8. The molecular weight excluding hydrogens is 333 g/mol. The van der Waals surface area contributed by atoms with Gasteiger partial charge in [-0.05, 0) is 42.3 Å². The Kier molecular flexibility index (Phi) is 5.31. The van der Waals surface area contributed by atoms with Crippen LogP contribution in [0.2, 0.25) is 0 Å². The summed E-state index contributed by atoms with van der Waals surface area (Å²) >= 11 is 0. The van der Waals surface area contributed by atoms with Gasteiger partial charge in [-0.2, -0.15) is 0 Å². The van der Waals surface area contributed by atoms with Crippen LogP contribution in [0.1, 0.15) is 24.1 Å². The van der Waals surface area contributed by atoms with Gasteiger partial charge in [-0.15, -0.1) is 0 Å². The van der Waals surface area contributed by atoms with E-state index < -0.39 is 5.82 Å². The molecule has 0 aliphatic rings. The van der Waals surface area contributed by atoms with E-state index in [4.69, 9.17) is 4.74 Å². The highest BCUT2D eigenvalue weighted by atomic mass is 19.1. The van der Waals surface area contributed by atoms with Gasteiger partial charge in [0.2, 0.25) is 5.91 Å². The van der Waals surface area contributed by atoms with Crippen molar-refractivity contribution in [2.75, 3.05) is 7.11 Å². The van der Waals surface area contributed by atoms with Crippen LogP contribution in [0.4, 0.5) is 4.39 Å². The molecule has 0 unspecified atom stereocenters. The van der Waals surface area contributed by atoms with Crippen molar-refractivity contribution in [1.82, 2.24) is 14.9 Å². The second-order valence-corrected chi connectivity index (χ2v) is 6.00. The molecule has 0 spiro atoms. The van der Waals surface area contributed by atoms with Crippen LogP contribution in [0.15, 0.2) is 61.2 Å². The molecule has 0 aliphatic heterocycles. The number of nitrogens with one attached hydrogen (secondary N) is 1. The number of aromatic nitrogens is 2. The van der Waals surface area contributed by atoms with Crippen molar-refractivity contribution in [3.05, 3.63) is 78.1 Å².